The van der Waals surface area contributed by atoms with Crippen molar-refractivity contribution in [2.75, 3.05) is 18.8 Å². The zero-order valence-corrected chi connectivity index (χ0v) is 24.5. The predicted molar refractivity (Wildman–Crippen MR) is 144 cm³/mol. The van der Waals surface area contributed by atoms with Gasteiger partial charge in [-0.2, -0.15) is 32.3 Å². The van der Waals surface area contributed by atoms with E-state index in [0.717, 1.165) is 6.42 Å². The van der Waals surface area contributed by atoms with Crippen LogP contribution in [-0.4, -0.2) is 92.9 Å². The van der Waals surface area contributed by atoms with Crippen LogP contribution in [0.4, 0.5) is 5.82 Å². The molecule has 2 aliphatic carbocycles. The Morgan fingerprint density at radius 1 is 1.13 bits per heavy atom. The number of aromatic nitrogens is 2. The minimum atomic E-state index is -4.31. The summed E-state index contributed by atoms with van der Waals surface area (Å²) in [5.41, 5.74) is 0.147. The highest BCUT2D eigenvalue weighted by Crippen LogP contribution is 2.41. The van der Waals surface area contributed by atoms with Crippen LogP contribution in [0.3, 0.4) is 0 Å². The molecule has 12 nitrogen and oxygen atoms in total. The fourth-order valence-electron chi connectivity index (χ4n) is 5.12. The lowest BCUT2D eigenvalue weighted by atomic mass is 9.90. The van der Waals surface area contributed by atoms with Crippen molar-refractivity contribution in [3.63, 3.8) is 0 Å². The van der Waals surface area contributed by atoms with Crippen LogP contribution >= 0.6 is 34.8 Å². The Morgan fingerprint density at radius 3 is 2.32 bits per heavy atom. The average molecular weight is 634 g/mol. The summed E-state index contributed by atoms with van der Waals surface area (Å²) in [5.74, 6) is -0.152. The van der Waals surface area contributed by atoms with Gasteiger partial charge >= 0.3 is 0 Å². The first-order valence-corrected chi connectivity index (χ1v) is 16.6. The lowest BCUT2D eigenvalue weighted by molar-refractivity contribution is 0.158. The molecule has 2 aliphatic rings. The van der Waals surface area contributed by atoms with Crippen molar-refractivity contribution in [1.82, 2.24) is 14.7 Å². The van der Waals surface area contributed by atoms with E-state index in [0.29, 0.717) is 32.4 Å². The van der Waals surface area contributed by atoms with E-state index in [1.54, 1.807) is 0 Å². The summed E-state index contributed by atoms with van der Waals surface area (Å²) in [5, 5.41) is 19.5. The van der Waals surface area contributed by atoms with E-state index in [2.05, 4.69) is 20.2 Å². The van der Waals surface area contributed by atoms with E-state index in [9.17, 15) is 26.7 Å². The van der Waals surface area contributed by atoms with Crippen molar-refractivity contribution < 1.29 is 25.9 Å². The highest BCUT2D eigenvalue weighted by molar-refractivity contribution is 7.86. The van der Waals surface area contributed by atoms with Crippen molar-refractivity contribution in [3.05, 3.63) is 11.8 Å². The lowest BCUT2D eigenvalue weighted by Gasteiger charge is -2.37. The molecule has 0 aromatic carbocycles. The summed E-state index contributed by atoms with van der Waals surface area (Å²) >= 11 is 19.6. The minimum absolute atomic E-state index is 0.0431. The van der Waals surface area contributed by atoms with E-state index in [1.807, 2.05) is 13.0 Å². The van der Waals surface area contributed by atoms with Gasteiger partial charge in [0, 0.05) is 6.04 Å². The number of hydrogen-bond donors (Lipinski definition) is 2. The Kier molecular flexibility index (Phi) is 10.8. The highest BCUT2D eigenvalue weighted by atomic mass is 35.5. The van der Waals surface area contributed by atoms with E-state index in [-0.39, 0.29) is 47.4 Å². The third-order valence-electron chi connectivity index (χ3n) is 7.09. The zero-order valence-electron chi connectivity index (χ0n) is 20.6. The molecule has 2 N–H and O–H groups in total. The van der Waals surface area contributed by atoms with Crippen molar-refractivity contribution in [2.24, 2.45) is 10.2 Å². The normalized spacial score (nSPS) is 31.1. The third-order valence-corrected chi connectivity index (χ3v) is 10.5. The second kappa shape index (κ2) is 13.1. The first-order chi connectivity index (χ1) is 17.7. The van der Waals surface area contributed by atoms with Crippen molar-refractivity contribution in [1.29, 1.82) is 5.26 Å². The summed E-state index contributed by atoms with van der Waals surface area (Å²) < 4.78 is 65.1. The SMILES string of the molecule is CCN(CCCS(=O)(=O)O)C1CCC(N=Nc2c(C#N)cnn2C2C(Cl)CC(S(=O)(=O)O)CC2Cl)C(Cl)C1. The maximum atomic E-state index is 11.6. The largest absolute Gasteiger partial charge is 0.301 e. The summed E-state index contributed by atoms with van der Waals surface area (Å²) in [6.07, 6.45) is 3.51. The molecule has 0 amide bonds. The first-order valence-electron chi connectivity index (χ1n) is 12.2. The van der Waals surface area contributed by atoms with Gasteiger partial charge in [-0.3, -0.25) is 9.11 Å². The highest BCUT2D eigenvalue weighted by Gasteiger charge is 2.43. The van der Waals surface area contributed by atoms with Crippen LogP contribution in [0.25, 0.3) is 0 Å². The Hall–Kier alpha value is -1.05. The molecule has 1 aromatic heterocycles. The zero-order chi connectivity index (χ0) is 28.3. The number of azo groups is 1. The van der Waals surface area contributed by atoms with Crippen LogP contribution in [0.15, 0.2) is 16.4 Å². The van der Waals surface area contributed by atoms with Gasteiger partial charge in [-0.15, -0.1) is 39.9 Å². The molecule has 1 heterocycles. The Morgan fingerprint density at radius 2 is 1.79 bits per heavy atom. The van der Waals surface area contributed by atoms with Gasteiger partial charge in [-0.05, 0) is 51.6 Å². The quantitative estimate of drug-likeness (QED) is 0.220. The summed E-state index contributed by atoms with van der Waals surface area (Å²) in [7, 11) is -8.32. The number of hydrogen-bond acceptors (Lipinski definition) is 9. The lowest BCUT2D eigenvalue weighted by Crippen LogP contribution is -2.43. The Labute approximate surface area is 237 Å². The molecule has 0 aliphatic heterocycles. The number of nitrogens with zero attached hydrogens (tertiary/aromatic N) is 6. The van der Waals surface area contributed by atoms with Crippen molar-refractivity contribution in [3.8, 4) is 6.07 Å². The Balaban J connectivity index is 1.71. The van der Waals surface area contributed by atoms with Gasteiger partial charge in [0.25, 0.3) is 20.2 Å². The fourth-order valence-corrected chi connectivity index (χ4v) is 8.18. The van der Waals surface area contributed by atoms with E-state index < -0.39 is 42.3 Å². The molecule has 0 bridgehead atoms. The fraction of sp³-hybridized carbons (Fsp3) is 0.810. The molecule has 17 heteroatoms. The molecular weight excluding hydrogens is 603 g/mol. The molecule has 2 fully saturated rings. The molecule has 5 atom stereocenters. The van der Waals surface area contributed by atoms with Crippen molar-refractivity contribution >= 4 is 60.9 Å². The monoisotopic (exact) mass is 632 g/mol. The van der Waals surface area contributed by atoms with Gasteiger partial charge in [0.05, 0.1) is 45.4 Å². The van der Waals surface area contributed by atoms with Gasteiger partial charge < -0.3 is 4.90 Å². The molecule has 1 aromatic rings. The molecule has 0 spiro atoms. The van der Waals surface area contributed by atoms with Gasteiger partial charge in [0.2, 0.25) is 0 Å². The third kappa shape index (κ3) is 8.00. The van der Waals surface area contributed by atoms with E-state index >= 15 is 0 Å². The summed E-state index contributed by atoms with van der Waals surface area (Å²) in [4.78, 5) is 2.14. The molecular formula is C21H31Cl3N6O6S2. The van der Waals surface area contributed by atoms with E-state index in [4.69, 9.17) is 39.4 Å². The predicted octanol–water partition coefficient (Wildman–Crippen LogP) is 3.77. The molecule has 2 saturated carbocycles. The molecule has 0 radical (unpaired) electrons. The molecule has 214 valence electrons. The van der Waals surface area contributed by atoms with Crippen LogP contribution < -0.4 is 0 Å². The van der Waals surface area contributed by atoms with E-state index in [1.165, 1.54) is 10.9 Å². The second-order valence-electron chi connectivity index (χ2n) is 9.60. The van der Waals surface area contributed by atoms with Gasteiger partial charge in [-0.25, -0.2) is 4.68 Å². The van der Waals surface area contributed by atoms with Gasteiger partial charge in [0.15, 0.2) is 5.82 Å². The standard InChI is InChI=1S/C21H31Cl3N6O6S2/c1-2-29(6-3-7-37(31,32)33)14-4-5-19(16(22)8-14)27-28-21-13(11-25)12-26-30(21)20-17(23)9-15(10-18(20)24)38(34,35)36/h12,14-20H,2-10H2,1H3,(H,31,32,33)(H,34,35,36). The number of alkyl halides is 3. The van der Waals surface area contributed by atoms with Crippen LogP contribution in [-0.2, 0) is 20.2 Å². The summed E-state index contributed by atoms with van der Waals surface area (Å²) in [6.45, 7) is 3.20. The number of nitriles is 1. The molecule has 3 rings (SSSR count). The van der Waals surface area contributed by atoms with Crippen LogP contribution in [0.1, 0.15) is 57.1 Å². The number of halogens is 3. The minimum Gasteiger partial charge on any atom is -0.301 e. The molecule has 5 unspecified atom stereocenters. The van der Waals surface area contributed by atoms with Crippen molar-refractivity contribution in [2.45, 2.75) is 85.0 Å². The molecule has 0 saturated heterocycles. The maximum absolute atomic E-state index is 11.6. The van der Waals surface area contributed by atoms with Gasteiger partial charge in [0.1, 0.15) is 11.6 Å². The maximum Gasteiger partial charge on any atom is 0.267 e. The first kappa shape index (κ1) is 31.5. The van der Waals surface area contributed by atoms with Crippen LogP contribution in [0.5, 0.6) is 0 Å². The molecule has 38 heavy (non-hydrogen) atoms. The smallest absolute Gasteiger partial charge is 0.267 e. The average Bonchev–Trinajstić information content (AvgIpc) is 3.21. The number of rotatable bonds is 10. The van der Waals surface area contributed by atoms with Crippen LogP contribution in [0.2, 0.25) is 0 Å². The van der Waals surface area contributed by atoms with Gasteiger partial charge in [-0.1, -0.05) is 6.92 Å². The Bertz CT molecular complexity index is 1240. The topological polar surface area (TPSA) is 178 Å². The second-order valence-corrected chi connectivity index (χ2v) is 14.6. The summed E-state index contributed by atoms with van der Waals surface area (Å²) in [6, 6.07) is 1.12. The van der Waals surface area contributed by atoms with Crippen LogP contribution in [0, 0.1) is 11.3 Å².